The smallest absolute Gasteiger partial charge is 0.267 e. The first-order valence-electron chi connectivity index (χ1n) is 11.6. The molecule has 3 aliphatic rings. The van der Waals surface area contributed by atoms with Crippen LogP contribution in [0.2, 0.25) is 0 Å². The minimum absolute atomic E-state index is 0.0178. The standard InChI is InChI=1S/C26H34N2O4S/c1-26(2,3)16-27-25(30)21-14-19(23-7-5-12-33-23)20-13-18-17(15-28(20)21)8-9-22(31-4)24(18)32-11-6-10-29/h5,7,9,12-14,17,19,29H,6,8,10-11,15-16H2,1-4H3,(H,27,30). The van der Waals surface area contributed by atoms with Gasteiger partial charge in [-0.3, -0.25) is 4.79 Å². The van der Waals surface area contributed by atoms with Crippen LogP contribution in [0.5, 0.6) is 0 Å². The molecular weight excluding hydrogens is 436 g/mol. The van der Waals surface area contributed by atoms with E-state index in [2.05, 4.69) is 66.7 Å². The third kappa shape index (κ3) is 5.04. The highest BCUT2D eigenvalue weighted by Gasteiger charge is 2.41. The monoisotopic (exact) mass is 470 g/mol. The second-order valence-electron chi connectivity index (χ2n) is 9.88. The lowest BCUT2D eigenvalue weighted by atomic mass is 9.84. The van der Waals surface area contributed by atoms with Crippen LogP contribution in [0.15, 0.2) is 64.2 Å². The van der Waals surface area contributed by atoms with Gasteiger partial charge in [0.25, 0.3) is 5.91 Å². The topological polar surface area (TPSA) is 71.0 Å². The summed E-state index contributed by atoms with van der Waals surface area (Å²) in [5.41, 5.74) is 2.96. The van der Waals surface area contributed by atoms with E-state index in [0.717, 1.165) is 41.5 Å². The first-order valence-corrected chi connectivity index (χ1v) is 12.4. The molecule has 2 unspecified atom stereocenters. The van der Waals surface area contributed by atoms with Crippen LogP contribution in [-0.2, 0) is 14.3 Å². The van der Waals surface area contributed by atoms with E-state index in [-0.39, 0.29) is 29.8 Å². The van der Waals surface area contributed by atoms with Crippen molar-refractivity contribution in [3.05, 3.63) is 69.1 Å². The molecule has 0 radical (unpaired) electrons. The van der Waals surface area contributed by atoms with Crippen molar-refractivity contribution in [1.29, 1.82) is 0 Å². The number of methoxy groups -OCH3 is 1. The molecule has 0 saturated carbocycles. The Balaban J connectivity index is 1.71. The van der Waals surface area contributed by atoms with E-state index in [1.165, 1.54) is 4.88 Å². The van der Waals surface area contributed by atoms with Crippen LogP contribution in [0.4, 0.5) is 0 Å². The second-order valence-corrected chi connectivity index (χ2v) is 10.9. The molecule has 4 rings (SSSR count). The van der Waals surface area contributed by atoms with Gasteiger partial charge in [-0.15, -0.1) is 11.3 Å². The van der Waals surface area contributed by atoms with Crippen molar-refractivity contribution in [2.45, 2.75) is 39.5 Å². The molecule has 1 amide bonds. The largest absolute Gasteiger partial charge is 0.493 e. The molecule has 1 aromatic rings. The molecule has 0 bridgehead atoms. The van der Waals surface area contributed by atoms with Gasteiger partial charge in [-0.2, -0.15) is 0 Å². The first-order chi connectivity index (χ1) is 15.8. The Hall–Kier alpha value is -2.51. The number of carbonyl (C=O) groups is 1. The summed E-state index contributed by atoms with van der Waals surface area (Å²) in [6, 6.07) is 4.18. The molecule has 0 spiro atoms. The van der Waals surface area contributed by atoms with Gasteiger partial charge in [0, 0.05) is 48.2 Å². The molecule has 6 nitrogen and oxygen atoms in total. The number of carbonyl (C=O) groups excluding carboxylic acids is 1. The number of hydrogen-bond donors (Lipinski definition) is 2. The van der Waals surface area contributed by atoms with Crippen molar-refractivity contribution < 1.29 is 19.4 Å². The molecule has 7 heteroatoms. The lowest BCUT2D eigenvalue weighted by Crippen LogP contribution is -2.40. The average Bonchev–Trinajstić information content (AvgIpc) is 3.43. The zero-order valence-electron chi connectivity index (χ0n) is 19.9. The van der Waals surface area contributed by atoms with Crippen molar-refractivity contribution in [1.82, 2.24) is 10.2 Å². The number of aliphatic hydroxyl groups excluding tert-OH is 1. The summed E-state index contributed by atoms with van der Waals surface area (Å²) in [4.78, 5) is 16.6. The van der Waals surface area contributed by atoms with E-state index >= 15 is 0 Å². The number of nitrogens with one attached hydrogen (secondary N) is 1. The molecule has 178 valence electrons. The maximum atomic E-state index is 13.2. The number of amides is 1. The van der Waals surface area contributed by atoms with Gasteiger partial charge in [-0.1, -0.05) is 26.8 Å². The molecule has 2 atom stereocenters. The minimum Gasteiger partial charge on any atom is -0.493 e. The highest BCUT2D eigenvalue weighted by Crippen LogP contribution is 2.47. The van der Waals surface area contributed by atoms with Crippen LogP contribution >= 0.6 is 11.3 Å². The normalized spacial score (nSPS) is 22.2. The van der Waals surface area contributed by atoms with Crippen LogP contribution < -0.4 is 5.32 Å². The SMILES string of the molecule is COC1=CCC2CN3C(C(=O)NCC(C)(C)C)=CC(c4cccs4)C3=CC2=C1OCCCO. The fraction of sp³-hybridized carbons (Fsp3) is 0.500. The number of hydrogen-bond acceptors (Lipinski definition) is 6. The third-order valence-electron chi connectivity index (χ3n) is 6.10. The molecule has 2 N–H and O–H groups in total. The van der Waals surface area contributed by atoms with Gasteiger partial charge in [-0.25, -0.2) is 0 Å². The number of allylic oxidation sites excluding steroid dienone is 3. The number of fused-ring (bicyclic) bond motifs is 2. The lowest BCUT2D eigenvalue weighted by Gasteiger charge is -2.37. The van der Waals surface area contributed by atoms with Crippen LogP contribution in [-0.4, -0.2) is 49.3 Å². The molecule has 1 aliphatic carbocycles. The van der Waals surface area contributed by atoms with E-state index in [1.807, 2.05) is 0 Å². The molecule has 0 aromatic carbocycles. The van der Waals surface area contributed by atoms with Crippen molar-refractivity contribution >= 4 is 17.2 Å². The van der Waals surface area contributed by atoms with Gasteiger partial charge in [0.1, 0.15) is 5.70 Å². The Morgan fingerprint density at radius 2 is 2.18 bits per heavy atom. The number of nitrogens with zero attached hydrogens (tertiary/aromatic N) is 1. The molecule has 2 aliphatic heterocycles. The summed E-state index contributed by atoms with van der Waals surface area (Å²) in [6.07, 6.45) is 7.76. The lowest BCUT2D eigenvalue weighted by molar-refractivity contribution is -0.119. The maximum absolute atomic E-state index is 13.2. The summed E-state index contributed by atoms with van der Waals surface area (Å²) >= 11 is 1.70. The number of rotatable bonds is 8. The zero-order chi connectivity index (χ0) is 23.6. The Bertz CT molecular complexity index is 998. The molecule has 33 heavy (non-hydrogen) atoms. The quantitative estimate of drug-likeness (QED) is 0.555. The van der Waals surface area contributed by atoms with E-state index in [9.17, 15) is 9.90 Å². The van der Waals surface area contributed by atoms with E-state index in [1.54, 1.807) is 18.4 Å². The molecular formula is C26H34N2O4S. The van der Waals surface area contributed by atoms with Crippen LogP contribution in [0, 0.1) is 11.3 Å². The van der Waals surface area contributed by atoms with Crippen LogP contribution in [0.25, 0.3) is 0 Å². The van der Waals surface area contributed by atoms with Crippen molar-refractivity contribution in [3.63, 3.8) is 0 Å². The van der Waals surface area contributed by atoms with Gasteiger partial charge < -0.3 is 24.8 Å². The van der Waals surface area contributed by atoms with Gasteiger partial charge in [0.2, 0.25) is 0 Å². The Kier molecular flexibility index (Phi) is 7.00. The zero-order valence-corrected chi connectivity index (χ0v) is 20.7. The van der Waals surface area contributed by atoms with Gasteiger partial charge in [0.15, 0.2) is 11.5 Å². The summed E-state index contributed by atoms with van der Waals surface area (Å²) in [5, 5.41) is 14.4. The van der Waals surface area contributed by atoms with E-state index in [4.69, 9.17) is 9.47 Å². The number of aliphatic hydroxyl groups is 1. The van der Waals surface area contributed by atoms with Gasteiger partial charge in [0.05, 0.1) is 19.6 Å². The predicted molar refractivity (Wildman–Crippen MR) is 130 cm³/mol. The first kappa shape index (κ1) is 23.6. The van der Waals surface area contributed by atoms with Crippen molar-refractivity contribution in [2.75, 3.05) is 33.4 Å². The second kappa shape index (κ2) is 9.77. The Morgan fingerprint density at radius 3 is 2.85 bits per heavy atom. The predicted octanol–water partition coefficient (Wildman–Crippen LogP) is 4.29. The maximum Gasteiger partial charge on any atom is 0.267 e. The van der Waals surface area contributed by atoms with Crippen molar-refractivity contribution in [2.24, 2.45) is 11.3 Å². The molecule has 3 heterocycles. The van der Waals surface area contributed by atoms with Crippen LogP contribution in [0.1, 0.15) is 44.4 Å². The minimum atomic E-state index is -0.0225. The molecule has 0 fully saturated rings. The van der Waals surface area contributed by atoms with E-state index in [0.29, 0.717) is 19.6 Å². The summed E-state index contributed by atoms with van der Waals surface area (Å²) < 4.78 is 11.7. The van der Waals surface area contributed by atoms with Crippen molar-refractivity contribution in [3.8, 4) is 0 Å². The summed E-state index contributed by atoms with van der Waals surface area (Å²) in [6.45, 7) is 8.22. The highest BCUT2D eigenvalue weighted by molar-refractivity contribution is 7.10. The third-order valence-corrected chi connectivity index (χ3v) is 7.05. The fourth-order valence-corrected chi connectivity index (χ4v) is 5.25. The van der Waals surface area contributed by atoms with Gasteiger partial charge in [-0.05, 0) is 41.5 Å². The average molecular weight is 471 g/mol. The fourth-order valence-electron chi connectivity index (χ4n) is 4.44. The Labute approximate surface area is 200 Å². The Morgan fingerprint density at radius 1 is 1.36 bits per heavy atom. The number of thiophene rings is 1. The van der Waals surface area contributed by atoms with Crippen LogP contribution in [0.3, 0.4) is 0 Å². The number of ether oxygens (including phenoxy) is 2. The summed E-state index contributed by atoms with van der Waals surface area (Å²) in [5.74, 6) is 1.71. The van der Waals surface area contributed by atoms with E-state index < -0.39 is 0 Å². The molecule has 1 aromatic heterocycles. The molecule has 0 saturated heterocycles. The van der Waals surface area contributed by atoms with Gasteiger partial charge >= 0.3 is 0 Å². The summed E-state index contributed by atoms with van der Waals surface area (Å²) in [7, 11) is 1.66. The highest BCUT2D eigenvalue weighted by atomic mass is 32.1.